The second kappa shape index (κ2) is 5.80. The lowest BCUT2D eigenvalue weighted by Gasteiger charge is -2.33. The minimum absolute atomic E-state index is 0.196. The predicted molar refractivity (Wildman–Crippen MR) is 75.8 cm³/mol. The third-order valence-corrected chi connectivity index (χ3v) is 4.24. The van der Waals surface area contributed by atoms with E-state index in [2.05, 4.69) is 31.0 Å². The van der Waals surface area contributed by atoms with Crippen LogP contribution in [0.5, 0.6) is 0 Å². The fraction of sp³-hybridized carbons (Fsp3) is 0.933. The second-order valence-electron chi connectivity index (χ2n) is 6.48. The van der Waals surface area contributed by atoms with E-state index in [-0.39, 0.29) is 17.7 Å². The van der Waals surface area contributed by atoms with Gasteiger partial charge in [-0.1, -0.05) is 27.2 Å². The van der Waals surface area contributed by atoms with Crippen molar-refractivity contribution in [1.29, 1.82) is 0 Å². The van der Waals surface area contributed by atoms with Gasteiger partial charge in [0.05, 0.1) is 24.4 Å². The highest BCUT2D eigenvalue weighted by molar-refractivity contribution is 5.92. The van der Waals surface area contributed by atoms with Gasteiger partial charge in [-0.25, -0.2) is 0 Å². The molecule has 2 rings (SSSR count). The van der Waals surface area contributed by atoms with Gasteiger partial charge in [-0.15, -0.1) is 0 Å². The Morgan fingerprint density at radius 1 is 1.47 bits per heavy atom. The summed E-state index contributed by atoms with van der Waals surface area (Å²) in [5, 5.41) is 3.59. The van der Waals surface area contributed by atoms with Crippen LogP contribution >= 0.6 is 0 Å². The molecule has 19 heavy (non-hydrogen) atoms. The smallest absolute Gasteiger partial charge is 0.244 e. The van der Waals surface area contributed by atoms with Crippen molar-refractivity contribution in [1.82, 2.24) is 10.2 Å². The molecule has 0 aromatic rings. The van der Waals surface area contributed by atoms with E-state index in [0.29, 0.717) is 18.4 Å². The Bertz CT molecular complexity index is 320. The van der Waals surface area contributed by atoms with Crippen LogP contribution in [0.1, 0.15) is 52.9 Å². The van der Waals surface area contributed by atoms with Gasteiger partial charge in [0, 0.05) is 7.11 Å². The Morgan fingerprint density at radius 3 is 2.63 bits per heavy atom. The maximum atomic E-state index is 12.7. The number of methoxy groups -OCH3 is 1. The Balaban J connectivity index is 2.14. The van der Waals surface area contributed by atoms with Crippen molar-refractivity contribution >= 4 is 5.91 Å². The van der Waals surface area contributed by atoms with Crippen molar-refractivity contribution < 1.29 is 9.53 Å². The molecule has 0 aromatic heterocycles. The van der Waals surface area contributed by atoms with Crippen molar-refractivity contribution in [2.45, 2.75) is 70.6 Å². The number of rotatable bonds is 7. The number of amides is 1. The Morgan fingerprint density at radius 2 is 2.16 bits per heavy atom. The van der Waals surface area contributed by atoms with Gasteiger partial charge >= 0.3 is 0 Å². The van der Waals surface area contributed by atoms with Gasteiger partial charge in [-0.05, 0) is 31.6 Å². The maximum absolute atomic E-state index is 12.7. The standard InChI is InChI=1S/C15H28N2O2/c1-5-6-12(10-19-4)17-13(9-11(2)3)16-15(7-8-15)14(17)18/h11-13,16H,5-10H2,1-4H3. The predicted octanol–water partition coefficient (Wildman–Crippen LogP) is 2.14. The molecular formula is C15H28N2O2. The highest BCUT2D eigenvalue weighted by atomic mass is 16.5. The number of hydrogen-bond donors (Lipinski definition) is 1. The van der Waals surface area contributed by atoms with Crippen LogP contribution < -0.4 is 5.32 Å². The van der Waals surface area contributed by atoms with E-state index in [9.17, 15) is 4.79 Å². The number of carbonyl (C=O) groups is 1. The number of nitrogens with one attached hydrogen (secondary N) is 1. The summed E-state index contributed by atoms with van der Waals surface area (Å²) in [5.74, 6) is 0.903. The summed E-state index contributed by atoms with van der Waals surface area (Å²) in [6, 6.07) is 0.221. The van der Waals surface area contributed by atoms with E-state index in [1.807, 2.05) is 0 Å². The average molecular weight is 268 g/mol. The Hall–Kier alpha value is -0.610. The lowest BCUT2D eigenvalue weighted by molar-refractivity contribution is -0.134. The summed E-state index contributed by atoms with van der Waals surface area (Å²) in [4.78, 5) is 14.8. The number of carbonyl (C=O) groups excluding carboxylic acids is 1. The van der Waals surface area contributed by atoms with Crippen molar-refractivity contribution in [3.63, 3.8) is 0 Å². The van der Waals surface area contributed by atoms with Gasteiger partial charge in [0.1, 0.15) is 0 Å². The van der Waals surface area contributed by atoms with E-state index in [1.165, 1.54) is 0 Å². The van der Waals surface area contributed by atoms with Gasteiger partial charge in [-0.2, -0.15) is 0 Å². The van der Waals surface area contributed by atoms with Crippen LogP contribution in [0.4, 0.5) is 0 Å². The fourth-order valence-corrected chi connectivity index (χ4v) is 3.19. The van der Waals surface area contributed by atoms with E-state index in [4.69, 9.17) is 4.74 Å². The molecule has 1 saturated carbocycles. The summed E-state index contributed by atoms with van der Waals surface area (Å²) >= 11 is 0. The third-order valence-electron chi connectivity index (χ3n) is 4.24. The Kier molecular flexibility index (Phi) is 4.51. The van der Waals surface area contributed by atoms with Gasteiger partial charge in [0.15, 0.2) is 0 Å². The molecule has 1 heterocycles. The highest BCUT2D eigenvalue weighted by Crippen LogP contribution is 2.44. The third kappa shape index (κ3) is 2.95. The Labute approximate surface area is 116 Å². The van der Waals surface area contributed by atoms with Crippen LogP contribution in [0.25, 0.3) is 0 Å². The summed E-state index contributed by atoms with van der Waals surface area (Å²) in [6.07, 6.45) is 5.33. The molecule has 2 aliphatic rings. The minimum Gasteiger partial charge on any atom is -0.383 e. The monoisotopic (exact) mass is 268 g/mol. The number of ether oxygens (including phenoxy) is 1. The zero-order valence-corrected chi connectivity index (χ0v) is 12.7. The molecule has 1 saturated heterocycles. The topological polar surface area (TPSA) is 41.6 Å². The summed E-state index contributed by atoms with van der Waals surface area (Å²) in [6.45, 7) is 7.24. The lowest BCUT2D eigenvalue weighted by atomic mass is 10.1. The molecular weight excluding hydrogens is 240 g/mol. The molecule has 0 bridgehead atoms. The minimum atomic E-state index is -0.209. The molecule has 1 N–H and O–H groups in total. The molecule has 0 radical (unpaired) electrons. The summed E-state index contributed by atoms with van der Waals surface area (Å²) < 4.78 is 5.34. The van der Waals surface area contributed by atoms with Crippen molar-refractivity contribution in [3.05, 3.63) is 0 Å². The van der Waals surface area contributed by atoms with Crippen LogP contribution in [0.3, 0.4) is 0 Å². The van der Waals surface area contributed by atoms with Crippen LogP contribution in [-0.4, -0.2) is 42.3 Å². The van der Waals surface area contributed by atoms with Crippen LogP contribution in [0.15, 0.2) is 0 Å². The zero-order chi connectivity index (χ0) is 14.0. The molecule has 4 nitrogen and oxygen atoms in total. The first-order valence-electron chi connectivity index (χ1n) is 7.63. The average Bonchev–Trinajstić information content (AvgIpc) is 3.04. The largest absolute Gasteiger partial charge is 0.383 e. The normalized spacial score (nSPS) is 26.5. The molecule has 2 unspecified atom stereocenters. The van der Waals surface area contributed by atoms with Crippen LogP contribution in [-0.2, 0) is 9.53 Å². The SMILES string of the molecule is CCCC(COC)N1C(=O)C2(CC2)NC1CC(C)C. The van der Waals surface area contributed by atoms with Crippen LogP contribution in [0, 0.1) is 5.92 Å². The second-order valence-corrected chi connectivity index (χ2v) is 6.48. The van der Waals surface area contributed by atoms with Gasteiger partial charge in [0.2, 0.25) is 5.91 Å². The van der Waals surface area contributed by atoms with Gasteiger partial charge < -0.3 is 9.64 Å². The van der Waals surface area contributed by atoms with Crippen LogP contribution in [0.2, 0.25) is 0 Å². The molecule has 1 amide bonds. The van der Waals surface area contributed by atoms with Crippen molar-refractivity contribution in [2.24, 2.45) is 5.92 Å². The first kappa shape index (κ1) is 14.8. The van der Waals surface area contributed by atoms with Gasteiger partial charge in [-0.3, -0.25) is 10.1 Å². The molecule has 110 valence electrons. The molecule has 1 aliphatic carbocycles. The van der Waals surface area contributed by atoms with Crippen molar-refractivity contribution in [2.75, 3.05) is 13.7 Å². The first-order valence-corrected chi connectivity index (χ1v) is 7.63. The lowest BCUT2D eigenvalue weighted by Crippen LogP contribution is -2.47. The van der Waals surface area contributed by atoms with E-state index in [0.717, 1.165) is 32.1 Å². The summed E-state index contributed by atoms with van der Waals surface area (Å²) in [7, 11) is 1.72. The number of nitrogens with zero attached hydrogens (tertiary/aromatic N) is 1. The number of hydrogen-bond acceptors (Lipinski definition) is 3. The molecule has 0 aromatic carbocycles. The molecule has 2 fully saturated rings. The molecule has 4 heteroatoms. The highest BCUT2D eigenvalue weighted by Gasteiger charge is 2.60. The fourth-order valence-electron chi connectivity index (χ4n) is 3.19. The van der Waals surface area contributed by atoms with E-state index in [1.54, 1.807) is 7.11 Å². The zero-order valence-electron chi connectivity index (χ0n) is 12.7. The maximum Gasteiger partial charge on any atom is 0.244 e. The van der Waals surface area contributed by atoms with Crippen molar-refractivity contribution in [3.8, 4) is 0 Å². The molecule has 1 aliphatic heterocycles. The van der Waals surface area contributed by atoms with E-state index < -0.39 is 0 Å². The van der Waals surface area contributed by atoms with Gasteiger partial charge in [0.25, 0.3) is 0 Å². The molecule has 2 atom stereocenters. The molecule has 1 spiro atoms. The quantitative estimate of drug-likeness (QED) is 0.769. The van der Waals surface area contributed by atoms with E-state index >= 15 is 0 Å². The summed E-state index contributed by atoms with van der Waals surface area (Å²) in [5.41, 5.74) is -0.209. The first-order chi connectivity index (χ1) is 9.04.